The summed E-state index contributed by atoms with van der Waals surface area (Å²) in [6.45, 7) is 4.20. The van der Waals surface area contributed by atoms with Gasteiger partial charge in [0.25, 0.3) is 0 Å². The quantitative estimate of drug-likeness (QED) is 0.634. The summed E-state index contributed by atoms with van der Waals surface area (Å²) in [6.07, 6.45) is 2.54. The second-order valence-corrected chi connectivity index (χ2v) is 4.49. The van der Waals surface area contributed by atoms with Crippen molar-refractivity contribution in [3.63, 3.8) is 0 Å². The second kappa shape index (κ2) is 3.74. The van der Waals surface area contributed by atoms with E-state index in [-0.39, 0.29) is 0 Å². The smallest absolute Gasteiger partial charge is 0.126 e. The van der Waals surface area contributed by atoms with Gasteiger partial charge in [-0.25, -0.2) is 4.39 Å². The Morgan fingerprint density at radius 1 is 1.46 bits per heavy atom. The predicted molar refractivity (Wildman–Crippen MR) is 48.4 cm³/mol. The molecule has 0 unspecified atom stereocenters. The number of halogens is 1. The van der Waals surface area contributed by atoms with Gasteiger partial charge in [-0.05, 0) is 33.1 Å². The van der Waals surface area contributed by atoms with E-state index in [1.807, 2.05) is 0 Å². The molecule has 0 bridgehead atoms. The first-order chi connectivity index (χ1) is 5.97. The number of carbonyl (C=O) groups is 1. The molecule has 0 N–H and O–H groups in total. The zero-order chi connectivity index (χ0) is 9.95. The highest BCUT2D eigenvalue weighted by Gasteiger charge is 2.37. The van der Waals surface area contributed by atoms with E-state index in [0.29, 0.717) is 32.5 Å². The van der Waals surface area contributed by atoms with Crippen molar-refractivity contribution in [2.45, 2.75) is 38.8 Å². The molecule has 3 heteroatoms. The normalized spacial score (nSPS) is 22.7. The molecule has 0 spiro atoms. The molecule has 0 radical (unpaired) electrons. The lowest BCUT2D eigenvalue weighted by atomic mass is 9.74. The van der Waals surface area contributed by atoms with E-state index in [4.69, 9.17) is 4.74 Å². The summed E-state index contributed by atoms with van der Waals surface area (Å²) in [5.74, 6) is 0. The van der Waals surface area contributed by atoms with Crippen molar-refractivity contribution in [3.8, 4) is 0 Å². The Bertz CT molecular complexity index is 178. The maximum absolute atomic E-state index is 13.4. The number of rotatable bonds is 3. The average molecular weight is 188 g/mol. The van der Waals surface area contributed by atoms with Crippen molar-refractivity contribution >= 4 is 6.29 Å². The van der Waals surface area contributed by atoms with Crippen LogP contribution in [0.2, 0.25) is 0 Å². The summed E-state index contributed by atoms with van der Waals surface area (Å²) in [5, 5.41) is 0. The Kier molecular flexibility index (Phi) is 3.06. The number of hydrogen-bond donors (Lipinski definition) is 0. The molecule has 1 rings (SSSR count). The van der Waals surface area contributed by atoms with Gasteiger partial charge in [0.15, 0.2) is 0 Å². The van der Waals surface area contributed by atoms with E-state index in [9.17, 15) is 9.18 Å². The van der Waals surface area contributed by atoms with Gasteiger partial charge < -0.3 is 9.53 Å². The first-order valence-electron chi connectivity index (χ1n) is 4.70. The minimum absolute atomic E-state index is 0.312. The number of hydrogen-bond acceptors (Lipinski definition) is 2. The van der Waals surface area contributed by atoms with Gasteiger partial charge in [-0.15, -0.1) is 0 Å². The minimum atomic E-state index is -1.27. The molecule has 0 aromatic heterocycles. The molecule has 0 atom stereocenters. The van der Waals surface area contributed by atoms with Gasteiger partial charge in [-0.2, -0.15) is 0 Å². The number of aldehydes is 1. The zero-order valence-corrected chi connectivity index (χ0v) is 8.31. The highest BCUT2D eigenvalue weighted by Crippen LogP contribution is 2.37. The monoisotopic (exact) mass is 188 g/mol. The van der Waals surface area contributed by atoms with Crippen molar-refractivity contribution in [2.24, 2.45) is 5.41 Å². The van der Waals surface area contributed by atoms with E-state index in [2.05, 4.69) is 0 Å². The molecule has 76 valence electrons. The fourth-order valence-electron chi connectivity index (χ4n) is 1.95. The summed E-state index contributed by atoms with van der Waals surface area (Å²) in [7, 11) is 0. The van der Waals surface area contributed by atoms with Gasteiger partial charge in [-0.3, -0.25) is 0 Å². The van der Waals surface area contributed by atoms with Crippen LogP contribution in [0.3, 0.4) is 0 Å². The molecule has 2 nitrogen and oxygen atoms in total. The molecule has 13 heavy (non-hydrogen) atoms. The minimum Gasteiger partial charge on any atom is -0.381 e. The Morgan fingerprint density at radius 2 is 2.00 bits per heavy atom. The zero-order valence-electron chi connectivity index (χ0n) is 8.31. The van der Waals surface area contributed by atoms with Gasteiger partial charge in [0.1, 0.15) is 12.0 Å². The van der Waals surface area contributed by atoms with Gasteiger partial charge in [0, 0.05) is 18.6 Å². The van der Waals surface area contributed by atoms with E-state index >= 15 is 0 Å². The molecule has 1 saturated heterocycles. The van der Waals surface area contributed by atoms with Crippen molar-refractivity contribution in [1.29, 1.82) is 0 Å². The molecule has 0 aliphatic carbocycles. The van der Waals surface area contributed by atoms with Gasteiger partial charge in [-0.1, -0.05) is 0 Å². The van der Waals surface area contributed by atoms with E-state index in [1.165, 1.54) is 13.8 Å². The first-order valence-corrected chi connectivity index (χ1v) is 4.70. The Labute approximate surface area is 78.5 Å². The van der Waals surface area contributed by atoms with Crippen LogP contribution in [-0.2, 0) is 9.53 Å². The molecule has 1 aliphatic rings. The van der Waals surface area contributed by atoms with Crippen molar-refractivity contribution in [1.82, 2.24) is 0 Å². The maximum Gasteiger partial charge on any atom is 0.126 e. The number of alkyl halides is 1. The molecule has 0 amide bonds. The molecule has 1 fully saturated rings. The van der Waals surface area contributed by atoms with E-state index < -0.39 is 11.1 Å². The summed E-state index contributed by atoms with van der Waals surface area (Å²) >= 11 is 0. The highest BCUT2D eigenvalue weighted by atomic mass is 19.1. The van der Waals surface area contributed by atoms with Gasteiger partial charge in [0.2, 0.25) is 0 Å². The van der Waals surface area contributed by atoms with Crippen LogP contribution in [0.4, 0.5) is 4.39 Å². The third kappa shape index (κ3) is 3.07. The van der Waals surface area contributed by atoms with Crippen LogP contribution < -0.4 is 0 Å². The second-order valence-electron chi connectivity index (χ2n) is 4.49. The maximum atomic E-state index is 13.4. The van der Waals surface area contributed by atoms with Crippen LogP contribution in [0.25, 0.3) is 0 Å². The number of carbonyl (C=O) groups excluding carboxylic acids is 1. The molecule has 1 heterocycles. The fourth-order valence-corrected chi connectivity index (χ4v) is 1.95. The molecule has 0 aromatic carbocycles. The average Bonchev–Trinajstić information content (AvgIpc) is 2.03. The molecular formula is C10H17FO2. The predicted octanol–water partition coefficient (Wildman–Crippen LogP) is 2.12. The third-order valence-electron chi connectivity index (χ3n) is 2.51. The summed E-state index contributed by atoms with van der Waals surface area (Å²) in [6, 6.07) is 0. The van der Waals surface area contributed by atoms with E-state index in [0.717, 1.165) is 6.29 Å². The summed E-state index contributed by atoms with van der Waals surface area (Å²) < 4.78 is 18.6. The van der Waals surface area contributed by atoms with Crippen molar-refractivity contribution < 1.29 is 13.9 Å². The first kappa shape index (κ1) is 10.6. The van der Waals surface area contributed by atoms with Crippen LogP contribution >= 0.6 is 0 Å². The van der Waals surface area contributed by atoms with Crippen LogP contribution in [0.15, 0.2) is 0 Å². The van der Waals surface area contributed by atoms with Gasteiger partial charge in [0.05, 0.1) is 0 Å². The summed E-state index contributed by atoms with van der Waals surface area (Å²) in [5.41, 5.74) is -1.74. The topological polar surface area (TPSA) is 26.3 Å². The lowest BCUT2D eigenvalue weighted by Gasteiger charge is -2.35. The molecule has 0 saturated carbocycles. The fraction of sp³-hybridized carbons (Fsp3) is 0.900. The Morgan fingerprint density at radius 3 is 2.38 bits per heavy atom. The van der Waals surface area contributed by atoms with Crippen LogP contribution in [0.1, 0.15) is 33.1 Å². The van der Waals surface area contributed by atoms with Crippen LogP contribution in [0.5, 0.6) is 0 Å². The number of ether oxygens (including phenoxy) is 1. The largest absolute Gasteiger partial charge is 0.381 e. The Hall–Kier alpha value is -0.440. The molecular weight excluding hydrogens is 171 g/mol. The summed E-state index contributed by atoms with van der Waals surface area (Å²) in [4.78, 5) is 10.9. The van der Waals surface area contributed by atoms with Crippen molar-refractivity contribution in [2.75, 3.05) is 13.2 Å². The van der Waals surface area contributed by atoms with Crippen LogP contribution in [0, 0.1) is 5.41 Å². The van der Waals surface area contributed by atoms with E-state index in [1.54, 1.807) is 0 Å². The molecule has 1 aliphatic heterocycles. The Balaban J connectivity index is 2.63. The third-order valence-corrected chi connectivity index (χ3v) is 2.51. The molecule has 0 aromatic rings. The SMILES string of the molecule is CC(C)(F)CC1(C=O)CCOCC1. The lowest BCUT2D eigenvalue weighted by Crippen LogP contribution is -2.36. The highest BCUT2D eigenvalue weighted by molar-refractivity contribution is 5.59. The lowest BCUT2D eigenvalue weighted by molar-refractivity contribution is -0.124. The van der Waals surface area contributed by atoms with Gasteiger partial charge >= 0.3 is 0 Å². The van der Waals surface area contributed by atoms with Crippen LogP contribution in [-0.4, -0.2) is 25.2 Å². The van der Waals surface area contributed by atoms with Crippen molar-refractivity contribution in [3.05, 3.63) is 0 Å². The standard InChI is InChI=1S/C10H17FO2/c1-9(2,11)7-10(8-12)3-5-13-6-4-10/h8H,3-7H2,1-2H3.